The van der Waals surface area contributed by atoms with E-state index in [4.69, 9.17) is 4.74 Å². The van der Waals surface area contributed by atoms with Crippen LogP contribution in [0.4, 0.5) is 5.69 Å². The van der Waals surface area contributed by atoms with Crippen molar-refractivity contribution in [3.63, 3.8) is 0 Å². The van der Waals surface area contributed by atoms with Crippen molar-refractivity contribution in [1.29, 1.82) is 0 Å². The minimum absolute atomic E-state index is 0.146. The van der Waals surface area contributed by atoms with Gasteiger partial charge in [-0.15, -0.1) is 12.6 Å². The van der Waals surface area contributed by atoms with Gasteiger partial charge in [-0.3, -0.25) is 0 Å². The summed E-state index contributed by atoms with van der Waals surface area (Å²) in [6.07, 6.45) is -0.146. The Kier molecular flexibility index (Phi) is 3.66. The third kappa shape index (κ3) is 3.15. The second-order valence-electron chi connectivity index (χ2n) is 4.98. The molecule has 1 unspecified atom stereocenters. The summed E-state index contributed by atoms with van der Waals surface area (Å²) in [4.78, 5) is 3.19. The second kappa shape index (κ2) is 4.88. The van der Waals surface area contributed by atoms with E-state index in [2.05, 4.69) is 29.7 Å². The van der Waals surface area contributed by atoms with Gasteiger partial charge in [-0.1, -0.05) is 0 Å². The van der Waals surface area contributed by atoms with Crippen LogP contribution in [-0.4, -0.2) is 36.5 Å². The van der Waals surface area contributed by atoms with Crippen molar-refractivity contribution >= 4 is 18.3 Å². The lowest BCUT2D eigenvalue weighted by molar-refractivity contribution is -0.0927. The van der Waals surface area contributed by atoms with Gasteiger partial charge < -0.3 is 14.7 Å². The van der Waals surface area contributed by atoms with Crippen LogP contribution in [0.25, 0.3) is 0 Å². The lowest BCUT2D eigenvalue weighted by Gasteiger charge is -2.39. The number of thiol groups is 1. The van der Waals surface area contributed by atoms with E-state index >= 15 is 0 Å². The van der Waals surface area contributed by atoms with Gasteiger partial charge in [0.05, 0.1) is 12.2 Å². The Morgan fingerprint density at radius 2 is 2.00 bits per heavy atom. The van der Waals surface area contributed by atoms with E-state index in [0.29, 0.717) is 6.61 Å². The van der Waals surface area contributed by atoms with Gasteiger partial charge in [0.15, 0.2) is 0 Å². The molecule has 0 spiro atoms. The Labute approximate surface area is 108 Å². The minimum Gasteiger partial charge on any atom is -0.388 e. The first-order valence-corrected chi connectivity index (χ1v) is 6.29. The van der Waals surface area contributed by atoms with Crippen molar-refractivity contribution in [1.82, 2.24) is 0 Å². The molecule has 0 radical (unpaired) electrons. The van der Waals surface area contributed by atoms with E-state index in [9.17, 15) is 5.11 Å². The molecule has 3 nitrogen and oxygen atoms in total. The number of hydrogen-bond acceptors (Lipinski definition) is 4. The van der Waals surface area contributed by atoms with Gasteiger partial charge in [0.2, 0.25) is 0 Å². The standard InChI is InChI=1S/C13H19NO2S/c1-13(2,15)12-9-14(7-8-16-12)10-3-5-11(17)6-4-10/h3-6,12,15,17H,7-9H2,1-2H3. The molecule has 1 aliphatic heterocycles. The summed E-state index contributed by atoms with van der Waals surface area (Å²) in [5.74, 6) is 0. The summed E-state index contributed by atoms with van der Waals surface area (Å²) in [5, 5.41) is 9.99. The number of anilines is 1. The number of aliphatic hydroxyl groups is 1. The predicted molar refractivity (Wildman–Crippen MR) is 71.9 cm³/mol. The van der Waals surface area contributed by atoms with Crippen molar-refractivity contribution in [2.24, 2.45) is 0 Å². The number of ether oxygens (including phenoxy) is 1. The summed E-state index contributed by atoms with van der Waals surface area (Å²) in [6.45, 7) is 5.81. The molecule has 2 rings (SSSR count). The third-order valence-electron chi connectivity index (χ3n) is 3.07. The fraction of sp³-hybridized carbons (Fsp3) is 0.538. The van der Waals surface area contributed by atoms with E-state index in [-0.39, 0.29) is 6.10 Å². The van der Waals surface area contributed by atoms with E-state index in [0.717, 1.165) is 23.7 Å². The molecule has 1 N–H and O–H groups in total. The van der Waals surface area contributed by atoms with E-state index in [1.807, 2.05) is 12.1 Å². The van der Waals surface area contributed by atoms with Crippen molar-refractivity contribution in [2.75, 3.05) is 24.6 Å². The molecular weight excluding hydrogens is 234 g/mol. The average molecular weight is 253 g/mol. The fourth-order valence-electron chi connectivity index (χ4n) is 1.97. The number of morpholine rings is 1. The molecule has 17 heavy (non-hydrogen) atoms. The quantitative estimate of drug-likeness (QED) is 0.790. The van der Waals surface area contributed by atoms with Crippen molar-refractivity contribution in [3.05, 3.63) is 24.3 Å². The number of hydrogen-bond donors (Lipinski definition) is 2. The van der Waals surface area contributed by atoms with E-state index in [1.165, 1.54) is 0 Å². The Morgan fingerprint density at radius 1 is 1.35 bits per heavy atom. The van der Waals surface area contributed by atoms with Gasteiger partial charge in [0, 0.05) is 23.7 Å². The Morgan fingerprint density at radius 3 is 2.59 bits per heavy atom. The van der Waals surface area contributed by atoms with Crippen molar-refractivity contribution < 1.29 is 9.84 Å². The first kappa shape index (κ1) is 12.7. The molecule has 1 aromatic carbocycles. The van der Waals surface area contributed by atoms with Crippen LogP contribution in [0.3, 0.4) is 0 Å². The van der Waals surface area contributed by atoms with Crippen LogP contribution in [-0.2, 0) is 4.74 Å². The molecule has 1 fully saturated rings. The number of benzene rings is 1. The highest BCUT2D eigenvalue weighted by Gasteiger charge is 2.32. The fourth-order valence-corrected chi connectivity index (χ4v) is 2.12. The predicted octanol–water partition coefficient (Wildman–Crippen LogP) is 1.95. The van der Waals surface area contributed by atoms with Gasteiger partial charge in [0.1, 0.15) is 6.10 Å². The summed E-state index contributed by atoms with van der Waals surface area (Å²) < 4.78 is 5.61. The molecule has 0 aliphatic carbocycles. The first-order valence-electron chi connectivity index (χ1n) is 5.85. The van der Waals surface area contributed by atoms with Crippen LogP contribution in [0.15, 0.2) is 29.2 Å². The van der Waals surface area contributed by atoms with Gasteiger partial charge >= 0.3 is 0 Å². The molecule has 1 heterocycles. The Balaban J connectivity index is 2.09. The highest BCUT2D eigenvalue weighted by atomic mass is 32.1. The summed E-state index contributed by atoms with van der Waals surface area (Å²) in [6, 6.07) is 8.06. The molecule has 0 saturated carbocycles. The third-order valence-corrected chi connectivity index (χ3v) is 3.37. The molecule has 1 aliphatic rings. The van der Waals surface area contributed by atoms with Crippen molar-refractivity contribution in [2.45, 2.75) is 30.4 Å². The van der Waals surface area contributed by atoms with Gasteiger partial charge in [-0.25, -0.2) is 0 Å². The van der Waals surface area contributed by atoms with Crippen LogP contribution in [0.5, 0.6) is 0 Å². The van der Waals surface area contributed by atoms with E-state index in [1.54, 1.807) is 13.8 Å². The smallest absolute Gasteiger partial charge is 0.103 e. The highest BCUT2D eigenvalue weighted by Crippen LogP contribution is 2.23. The van der Waals surface area contributed by atoms with Gasteiger partial charge in [-0.05, 0) is 38.1 Å². The molecule has 4 heteroatoms. The maximum Gasteiger partial charge on any atom is 0.103 e. The first-order chi connectivity index (χ1) is 7.97. The number of rotatable bonds is 2. The van der Waals surface area contributed by atoms with Crippen LogP contribution in [0.2, 0.25) is 0 Å². The molecule has 0 bridgehead atoms. The zero-order valence-corrected chi connectivity index (χ0v) is 11.2. The molecule has 1 atom stereocenters. The number of nitrogens with zero attached hydrogens (tertiary/aromatic N) is 1. The zero-order chi connectivity index (χ0) is 12.5. The van der Waals surface area contributed by atoms with Crippen LogP contribution in [0, 0.1) is 0 Å². The van der Waals surface area contributed by atoms with E-state index < -0.39 is 5.60 Å². The molecule has 1 saturated heterocycles. The maximum absolute atomic E-state index is 9.99. The van der Waals surface area contributed by atoms with Crippen LogP contribution in [0.1, 0.15) is 13.8 Å². The summed E-state index contributed by atoms with van der Waals surface area (Å²) in [7, 11) is 0. The largest absolute Gasteiger partial charge is 0.388 e. The molecular formula is C13H19NO2S. The van der Waals surface area contributed by atoms with Crippen LogP contribution < -0.4 is 4.90 Å². The minimum atomic E-state index is -0.803. The zero-order valence-electron chi connectivity index (χ0n) is 10.3. The van der Waals surface area contributed by atoms with Gasteiger partial charge in [-0.2, -0.15) is 0 Å². The molecule has 94 valence electrons. The average Bonchev–Trinajstić information content (AvgIpc) is 2.29. The Hall–Kier alpha value is -0.710. The summed E-state index contributed by atoms with van der Waals surface area (Å²) >= 11 is 4.28. The molecule has 0 amide bonds. The lowest BCUT2D eigenvalue weighted by Crippen LogP contribution is -2.52. The monoisotopic (exact) mass is 253 g/mol. The highest BCUT2D eigenvalue weighted by molar-refractivity contribution is 7.80. The lowest BCUT2D eigenvalue weighted by atomic mass is 10.00. The molecule has 1 aromatic rings. The maximum atomic E-state index is 9.99. The topological polar surface area (TPSA) is 32.7 Å². The van der Waals surface area contributed by atoms with Gasteiger partial charge in [0.25, 0.3) is 0 Å². The van der Waals surface area contributed by atoms with Crippen molar-refractivity contribution in [3.8, 4) is 0 Å². The SMILES string of the molecule is CC(C)(O)C1CN(c2ccc(S)cc2)CCO1. The Bertz CT molecular complexity index is 372. The summed E-state index contributed by atoms with van der Waals surface area (Å²) in [5.41, 5.74) is 0.350. The second-order valence-corrected chi connectivity index (χ2v) is 5.49. The molecule has 0 aromatic heterocycles. The van der Waals surface area contributed by atoms with Crippen LogP contribution >= 0.6 is 12.6 Å². The normalized spacial score (nSPS) is 21.6.